The normalized spacial score (nSPS) is 24.5. The molecule has 6 nitrogen and oxygen atoms in total. The second kappa shape index (κ2) is 6.50. The number of sulfonamides is 1. The van der Waals surface area contributed by atoms with Gasteiger partial charge in [-0.3, -0.25) is 4.79 Å². The molecule has 0 radical (unpaired) electrons. The maximum atomic E-state index is 12.3. The summed E-state index contributed by atoms with van der Waals surface area (Å²) in [6.45, 7) is 0. The molecule has 0 amide bonds. The molecule has 1 N–H and O–H groups in total. The topological polar surface area (TPSA) is 97.4 Å². The first-order chi connectivity index (χ1) is 10.4. The number of benzene rings is 1. The van der Waals surface area contributed by atoms with Crippen molar-refractivity contribution in [2.24, 2.45) is 5.92 Å². The molecule has 0 aliphatic carbocycles. The highest BCUT2D eigenvalue weighted by molar-refractivity contribution is 7.92. The Morgan fingerprint density at radius 2 is 1.70 bits per heavy atom. The Kier molecular flexibility index (Phi) is 5.35. The van der Waals surface area contributed by atoms with Gasteiger partial charge in [0.2, 0.25) is 13.8 Å². The molecule has 2 atom stereocenters. The second-order valence-electron chi connectivity index (χ2n) is 5.09. The van der Waals surface area contributed by atoms with Crippen molar-refractivity contribution < 1.29 is 21.6 Å². The fourth-order valence-electron chi connectivity index (χ4n) is 2.30. The number of carbonyl (C=O) groups excluding carboxylic acids is 1. The Hall–Kier alpha value is -0.380. The summed E-state index contributed by atoms with van der Waals surface area (Å²) in [5.41, 5.74) is 0. The summed E-state index contributed by atoms with van der Waals surface area (Å²) < 4.78 is 48.1. The lowest BCUT2D eigenvalue weighted by Gasteiger charge is -2.21. The molecule has 1 aliphatic rings. The standard InChI is InChI=1S/C12H12Cl3NO5S2/c13-12(14,15)11(17)9-6-22(18,19)7-10(9)16-23(20,21)8-4-2-1-3-5-8/h1-5,9-10,16H,6-7H2/t9-,10+/m1/s1. The SMILES string of the molecule is O=C([C@@H]1CS(=O)(=O)C[C@@H]1NS(=O)(=O)c1ccccc1)C(Cl)(Cl)Cl. The van der Waals surface area contributed by atoms with Gasteiger partial charge in [0.1, 0.15) is 0 Å². The van der Waals surface area contributed by atoms with Crippen molar-refractivity contribution in [3.63, 3.8) is 0 Å². The van der Waals surface area contributed by atoms with Crippen LogP contribution in [0.2, 0.25) is 0 Å². The zero-order valence-electron chi connectivity index (χ0n) is 11.4. The van der Waals surface area contributed by atoms with Crippen molar-refractivity contribution >= 4 is 60.4 Å². The van der Waals surface area contributed by atoms with E-state index in [2.05, 4.69) is 4.72 Å². The summed E-state index contributed by atoms with van der Waals surface area (Å²) in [6, 6.07) is 6.17. The summed E-state index contributed by atoms with van der Waals surface area (Å²) in [6.07, 6.45) is 0. The number of hydrogen-bond acceptors (Lipinski definition) is 5. The molecule has 0 aromatic heterocycles. The zero-order valence-corrected chi connectivity index (χ0v) is 15.3. The van der Waals surface area contributed by atoms with Crippen LogP contribution < -0.4 is 4.72 Å². The average molecular weight is 421 g/mol. The van der Waals surface area contributed by atoms with E-state index < -0.39 is 52.9 Å². The van der Waals surface area contributed by atoms with Crippen LogP contribution in [0.15, 0.2) is 35.2 Å². The predicted octanol–water partition coefficient (Wildman–Crippen LogP) is 1.32. The maximum Gasteiger partial charge on any atom is 0.249 e. The van der Waals surface area contributed by atoms with E-state index in [1.54, 1.807) is 6.07 Å². The summed E-state index contributed by atoms with van der Waals surface area (Å²) in [4.78, 5) is 12.0. The molecule has 0 bridgehead atoms. The average Bonchev–Trinajstić information content (AvgIpc) is 2.72. The van der Waals surface area contributed by atoms with Gasteiger partial charge in [0.25, 0.3) is 0 Å². The van der Waals surface area contributed by atoms with Gasteiger partial charge in [-0.1, -0.05) is 53.0 Å². The lowest BCUT2D eigenvalue weighted by atomic mass is 10.0. The maximum absolute atomic E-state index is 12.3. The number of halogens is 3. The Bertz CT molecular complexity index is 803. The van der Waals surface area contributed by atoms with Gasteiger partial charge in [-0.2, -0.15) is 0 Å². The fraction of sp³-hybridized carbons (Fsp3) is 0.417. The molecule has 1 aromatic carbocycles. The molecule has 1 fully saturated rings. The highest BCUT2D eigenvalue weighted by Crippen LogP contribution is 2.34. The van der Waals surface area contributed by atoms with E-state index in [4.69, 9.17) is 34.8 Å². The van der Waals surface area contributed by atoms with E-state index >= 15 is 0 Å². The van der Waals surface area contributed by atoms with Crippen LogP contribution in [0.5, 0.6) is 0 Å². The van der Waals surface area contributed by atoms with Crippen molar-refractivity contribution in [2.75, 3.05) is 11.5 Å². The van der Waals surface area contributed by atoms with Crippen LogP contribution in [0.1, 0.15) is 0 Å². The lowest BCUT2D eigenvalue weighted by molar-refractivity contribution is -0.121. The highest BCUT2D eigenvalue weighted by atomic mass is 35.6. The predicted molar refractivity (Wildman–Crippen MR) is 88.0 cm³/mol. The van der Waals surface area contributed by atoms with Crippen molar-refractivity contribution in [3.8, 4) is 0 Å². The minimum atomic E-state index is -4.00. The number of nitrogens with one attached hydrogen (secondary N) is 1. The molecular weight excluding hydrogens is 409 g/mol. The van der Waals surface area contributed by atoms with Crippen LogP contribution in [0.25, 0.3) is 0 Å². The molecule has 11 heteroatoms. The number of rotatable bonds is 4. The summed E-state index contributed by atoms with van der Waals surface area (Å²) in [7, 11) is -7.63. The number of ketones is 1. The van der Waals surface area contributed by atoms with Gasteiger partial charge in [0.05, 0.1) is 22.3 Å². The molecule has 23 heavy (non-hydrogen) atoms. The summed E-state index contributed by atoms with van der Waals surface area (Å²) in [5, 5.41) is 0. The van der Waals surface area contributed by atoms with Crippen LogP contribution in [-0.4, -0.2) is 44.0 Å². The minimum Gasteiger partial charge on any atom is -0.294 e. The third-order valence-corrected chi connectivity index (χ3v) is 7.13. The monoisotopic (exact) mass is 419 g/mol. The molecule has 1 aromatic rings. The lowest BCUT2D eigenvalue weighted by Crippen LogP contribution is -2.45. The van der Waals surface area contributed by atoms with Gasteiger partial charge in [-0.25, -0.2) is 21.6 Å². The van der Waals surface area contributed by atoms with E-state index in [1.165, 1.54) is 24.3 Å². The van der Waals surface area contributed by atoms with Gasteiger partial charge >= 0.3 is 0 Å². The van der Waals surface area contributed by atoms with E-state index in [1.807, 2.05) is 0 Å². The van der Waals surface area contributed by atoms with Gasteiger partial charge in [0.15, 0.2) is 15.6 Å². The number of carbonyl (C=O) groups is 1. The van der Waals surface area contributed by atoms with E-state index in [0.717, 1.165) is 0 Å². The van der Waals surface area contributed by atoms with Crippen LogP contribution in [0.4, 0.5) is 0 Å². The Morgan fingerprint density at radius 3 is 2.22 bits per heavy atom. The first-order valence-electron chi connectivity index (χ1n) is 6.31. The second-order valence-corrected chi connectivity index (χ2v) is 11.2. The zero-order chi connectivity index (χ0) is 17.5. The third kappa shape index (κ3) is 4.58. The molecule has 128 valence electrons. The smallest absolute Gasteiger partial charge is 0.249 e. The molecular formula is C12H12Cl3NO5S2. The van der Waals surface area contributed by atoms with Gasteiger partial charge in [-0.15, -0.1) is 0 Å². The van der Waals surface area contributed by atoms with Gasteiger partial charge in [0, 0.05) is 6.04 Å². The highest BCUT2D eigenvalue weighted by Gasteiger charge is 2.49. The Labute approximate surface area is 149 Å². The first kappa shape index (κ1) is 19.0. The Balaban J connectivity index is 2.31. The molecule has 2 rings (SSSR count). The van der Waals surface area contributed by atoms with Crippen molar-refractivity contribution in [1.29, 1.82) is 0 Å². The molecule has 0 saturated carbocycles. The van der Waals surface area contributed by atoms with Gasteiger partial charge in [-0.05, 0) is 12.1 Å². The third-order valence-electron chi connectivity index (χ3n) is 3.33. The quantitative estimate of drug-likeness (QED) is 0.741. The van der Waals surface area contributed by atoms with Crippen LogP contribution in [0, 0.1) is 5.92 Å². The number of Topliss-reactive ketones (excluding diaryl/α,β-unsaturated/α-hetero) is 1. The van der Waals surface area contributed by atoms with Crippen molar-refractivity contribution in [2.45, 2.75) is 14.7 Å². The van der Waals surface area contributed by atoms with Gasteiger partial charge < -0.3 is 0 Å². The molecule has 1 heterocycles. The van der Waals surface area contributed by atoms with Crippen LogP contribution in [0.3, 0.4) is 0 Å². The summed E-state index contributed by atoms with van der Waals surface area (Å²) in [5.74, 6) is -3.31. The van der Waals surface area contributed by atoms with Crippen LogP contribution in [-0.2, 0) is 24.7 Å². The summed E-state index contributed by atoms with van der Waals surface area (Å²) >= 11 is 16.6. The van der Waals surface area contributed by atoms with Crippen molar-refractivity contribution in [1.82, 2.24) is 4.72 Å². The van der Waals surface area contributed by atoms with Crippen molar-refractivity contribution in [3.05, 3.63) is 30.3 Å². The minimum absolute atomic E-state index is 0.0515. The van der Waals surface area contributed by atoms with E-state index in [0.29, 0.717) is 0 Å². The Morgan fingerprint density at radius 1 is 1.13 bits per heavy atom. The fourth-order valence-corrected chi connectivity index (χ4v) is 6.05. The molecule has 1 aliphatic heterocycles. The van der Waals surface area contributed by atoms with E-state index in [9.17, 15) is 21.6 Å². The van der Waals surface area contributed by atoms with Crippen LogP contribution >= 0.6 is 34.8 Å². The number of sulfone groups is 1. The first-order valence-corrected chi connectivity index (χ1v) is 10.7. The molecule has 0 unspecified atom stereocenters. The molecule has 0 spiro atoms. The number of alkyl halides is 3. The number of hydrogen-bond donors (Lipinski definition) is 1. The largest absolute Gasteiger partial charge is 0.294 e. The van der Waals surface area contributed by atoms with E-state index in [-0.39, 0.29) is 4.90 Å². The molecule has 1 saturated heterocycles.